The Balaban J connectivity index is 0.000000861. The second-order valence-electron chi connectivity index (χ2n) is 7.60. The smallest absolute Gasteiger partial charge is 0.255 e. The van der Waals surface area contributed by atoms with Gasteiger partial charge in [0, 0.05) is 25.4 Å². The Kier molecular flexibility index (Phi) is 9.11. The summed E-state index contributed by atoms with van der Waals surface area (Å²) in [4.78, 5) is 18.9. The number of hydrogen-bond acceptors (Lipinski definition) is 7. The predicted molar refractivity (Wildman–Crippen MR) is 134 cm³/mol. The fraction of sp³-hybridized carbons (Fsp3) is 0.385. The van der Waals surface area contributed by atoms with Crippen LogP contribution in [0.1, 0.15) is 49.3 Å². The van der Waals surface area contributed by atoms with Gasteiger partial charge in [0.15, 0.2) is 5.82 Å². The number of rotatable bonds is 3. The number of hydrogen-bond donors (Lipinski definition) is 2. The van der Waals surface area contributed by atoms with Crippen LogP contribution in [0.5, 0.6) is 0 Å². The lowest BCUT2D eigenvalue weighted by molar-refractivity contribution is 0.0597. The highest BCUT2D eigenvalue weighted by atomic mass is 19.1. The number of pyridine rings is 1. The van der Waals surface area contributed by atoms with Gasteiger partial charge in [-0.15, -0.1) is 0 Å². The molecule has 0 spiro atoms. The minimum Gasteiger partial charge on any atom is -0.389 e. The number of amides is 1. The number of benzene rings is 1. The van der Waals surface area contributed by atoms with Gasteiger partial charge in [-0.2, -0.15) is 10.4 Å². The number of nitrogens with zero attached hydrogens (tertiary/aromatic N) is 5. The van der Waals surface area contributed by atoms with Crippen LogP contribution in [0.15, 0.2) is 36.5 Å². The number of ether oxygens (including phenoxy) is 1. The third-order valence-electron chi connectivity index (χ3n) is 5.50. The van der Waals surface area contributed by atoms with Gasteiger partial charge in [0.1, 0.15) is 5.82 Å². The Bertz CT molecular complexity index is 1250. The second kappa shape index (κ2) is 12.2. The van der Waals surface area contributed by atoms with Gasteiger partial charge in [-0.05, 0) is 18.2 Å². The Morgan fingerprint density at radius 1 is 1.22 bits per heavy atom. The number of aliphatic hydroxyl groups is 1. The molecule has 0 aliphatic carbocycles. The minimum absolute atomic E-state index is 0.0820. The number of anilines is 1. The van der Waals surface area contributed by atoms with Crippen molar-refractivity contribution in [2.24, 2.45) is 0 Å². The average Bonchev–Trinajstić information content (AvgIpc) is 3.48. The molecule has 1 aromatic carbocycles. The quantitative estimate of drug-likeness (QED) is 0.573. The first kappa shape index (κ1) is 26.8. The number of aliphatic hydroxyl groups excluding tert-OH is 1. The summed E-state index contributed by atoms with van der Waals surface area (Å²) in [6.07, 6.45) is 1.07. The van der Waals surface area contributed by atoms with Crippen LogP contribution in [0.3, 0.4) is 0 Å². The molecule has 2 aliphatic heterocycles. The van der Waals surface area contributed by atoms with Gasteiger partial charge in [0.2, 0.25) is 0 Å². The number of aromatic nitrogens is 3. The maximum absolute atomic E-state index is 14.7. The Labute approximate surface area is 210 Å². The molecule has 4 heterocycles. The van der Waals surface area contributed by atoms with Crippen LogP contribution < -0.4 is 10.2 Å². The summed E-state index contributed by atoms with van der Waals surface area (Å²) < 4.78 is 21.6. The molecule has 0 bridgehead atoms. The fourth-order valence-corrected chi connectivity index (χ4v) is 4.01. The molecule has 2 aliphatic rings. The van der Waals surface area contributed by atoms with Crippen molar-refractivity contribution >= 4 is 11.7 Å². The molecule has 0 radical (unpaired) electrons. The van der Waals surface area contributed by atoms with Crippen LogP contribution in [-0.4, -0.2) is 58.2 Å². The topological polar surface area (TPSA) is 116 Å². The number of β-amino-alcohol motifs (C(OH)–C–C–N with tert-alkyl or cyclic N) is 1. The summed E-state index contributed by atoms with van der Waals surface area (Å²) >= 11 is 0. The maximum Gasteiger partial charge on any atom is 0.255 e. The lowest BCUT2D eigenvalue weighted by Crippen LogP contribution is -2.33. The largest absolute Gasteiger partial charge is 0.389 e. The van der Waals surface area contributed by atoms with Gasteiger partial charge in [-0.25, -0.2) is 14.1 Å². The average molecular weight is 495 g/mol. The molecule has 9 nitrogen and oxygen atoms in total. The zero-order valence-corrected chi connectivity index (χ0v) is 21.0. The highest BCUT2D eigenvalue weighted by Gasteiger charge is 2.28. The first-order valence-corrected chi connectivity index (χ1v) is 12.1. The van der Waals surface area contributed by atoms with E-state index in [1.807, 2.05) is 38.7 Å². The van der Waals surface area contributed by atoms with Crippen molar-refractivity contribution < 1.29 is 19.0 Å². The van der Waals surface area contributed by atoms with Gasteiger partial charge in [-0.3, -0.25) is 4.79 Å². The van der Waals surface area contributed by atoms with Crippen LogP contribution >= 0.6 is 0 Å². The number of carbonyl (C=O) groups excluding carboxylic acids is 1. The Morgan fingerprint density at radius 3 is 2.75 bits per heavy atom. The number of nitrogens with one attached hydrogen (secondary N) is 1. The monoisotopic (exact) mass is 494 g/mol. The Hall–Kier alpha value is -3.81. The van der Waals surface area contributed by atoms with E-state index >= 15 is 0 Å². The molecular weight excluding hydrogens is 463 g/mol. The van der Waals surface area contributed by atoms with Gasteiger partial charge in [0.05, 0.1) is 65.7 Å². The SMILES string of the molecule is CC.CC.N#Cc1cccc(F)c1-c1cc(-n2ccc(N3CCOCC(O)C3)n2)c2c(n1)CNC2=O. The molecular formula is C26H31FN6O3. The van der Waals surface area contributed by atoms with Crippen LogP contribution in [-0.2, 0) is 11.3 Å². The predicted octanol–water partition coefficient (Wildman–Crippen LogP) is 3.44. The first-order chi connectivity index (χ1) is 17.5. The van der Waals surface area contributed by atoms with Crippen LogP contribution in [0.4, 0.5) is 10.2 Å². The summed E-state index contributed by atoms with van der Waals surface area (Å²) in [7, 11) is 0. The van der Waals surface area contributed by atoms with Crippen LogP contribution in [0, 0.1) is 17.1 Å². The van der Waals surface area contributed by atoms with E-state index in [-0.39, 0.29) is 35.9 Å². The zero-order chi connectivity index (χ0) is 26.2. The van der Waals surface area contributed by atoms with E-state index in [1.165, 1.54) is 22.9 Å². The molecule has 1 amide bonds. The van der Waals surface area contributed by atoms with E-state index in [9.17, 15) is 19.6 Å². The number of fused-ring (bicyclic) bond motifs is 1. The maximum atomic E-state index is 14.7. The van der Waals surface area contributed by atoms with E-state index in [1.54, 1.807) is 18.3 Å². The third kappa shape index (κ3) is 5.37. The summed E-state index contributed by atoms with van der Waals surface area (Å²) in [5.74, 6) is -0.248. The normalized spacial score (nSPS) is 16.4. The molecule has 2 N–H and O–H groups in total. The standard InChI is InChI=1S/C22H19FN6O3.2C2H6/c23-15-3-1-2-13(9-24)20(15)16-8-18(21-17(26-16)10-25-22(21)31)29-5-4-19(27-29)28-6-7-32-12-14(30)11-28;2*1-2/h1-5,8,14,30H,6-7,10-12H2,(H,25,31);2*1-2H3. The summed E-state index contributed by atoms with van der Waals surface area (Å²) in [5, 5.41) is 26.8. The molecule has 0 saturated carbocycles. The molecule has 10 heteroatoms. The van der Waals surface area contributed by atoms with Crippen molar-refractivity contribution in [2.75, 3.05) is 31.2 Å². The van der Waals surface area contributed by atoms with Gasteiger partial charge in [0.25, 0.3) is 5.91 Å². The van der Waals surface area contributed by atoms with E-state index < -0.39 is 11.9 Å². The molecule has 36 heavy (non-hydrogen) atoms. The third-order valence-corrected chi connectivity index (χ3v) is 5.50. The van der Waals surface area contributed by atoms with E-state index in [2.05, 4.69) is 15.4 Å². The lowest BCUT2D eigenvalue weighted by atomic mass is 10.0. The fourth-order valence-electron chi connectivity index (χ4n) is 4.01. The number of halogens is 1. The van der Waals surface area contributed by atoms with Crippen LogP contribution in [0.25, 0.3) is 16.9 Å². The van der Waals surface area contributed by atoms with E-state index in [4.69, 9.17) is 4.74 Å². The summed E-state index contributed by atoms with van der Waals surface area (Å²) in [6, 6.07) is 9.61. The number of carbonyl (C=O) groups is 1. The van der Waals surface area contributed by atoms with Crippen molar-refractivity contribution in [3.05, 3.63) is 59.2 Å². The highest BCUT2D eigenvalue weighted by molar-refractivity contribution is 6.01. The summed E-state index contributed by atoms with van der Waals surface area (Å²) in [6.45, 7) is 9.87. The summed E-state index contributed by atoms with van der Waals surface area (Å²) in [5.41, 5.74) is 1.74. The minimum atomic E-state index is -0.629. The van der Waals surface area contributed by atoms with E-state index in [0.717, 1.165) is 0 Å². The van der Waals surface area contributed by atoms with Gasteiger partial charge in [-0.1, -0.05) is 33.8 Å². The van der Waals surface area contributed by atoms with Crippen molar-refractivity contribution in [3.63, 3.8) is 0 Å². The van der Waals surface area contributed by atoms with Gasteiger partial charge >= 0.3 is 0 Å². The highest BCUT2D eigenvalue weighted by Crippen LogP contribution is 2.31. The molecule has 3 aromatic rings. The van der Waals surface area contributed by atoms with Crippen molar-refractivity contribution in [2.45, 2.75) is 40.3 Å². The second-order valence-corrected chi connectivity index (χ2v) is 7.60. The van der Waals surface area contributed by atoms with E-state index in [0.29, 0.717) is 42.5 Å². The van der Waals surface area contributed by atoms with Crippen LogP contribution in [0.2, 0.25) is 0 Å². The molecule has 1 fully saturated rings. The van der Waals surface area contributed by atoms with Crippen molar-refractivity contribution in [1.82, 2.24) is 20.1 Å². The molecule has 5 rings (SSSR count). The molecule has 190 valence electrons. The molecule has 1 unspecified atom stereocenters. The molecule has 1 saturated heterocycles. The zero-order valence-electron chi connectivity index (χ0n) is 21.0. The molecule has 1 atom stereocenters. The first-order valence-electron chi connectivity index (χ1n) is 12.1. The number of nitriles is 1. The lowest BCUT2D eigenvalue weighted by Gasteiger charge is -2.20. The van der Waals surface area contributed by atoms with Gasteiger partial charge < -0.3 is 20.1 Å². The molecule has 2 aromatic heterocycles. The van der Waals surface area contributed by atoms with Crippen molar-refractivity contribution in [3.8, 4) is 23.0 Å². The Morgan fingerprint density at radius 2 is 2.00 bits per heavy atom. The van der Waals surface area contributed by atoms with Crippen molar-refractivity contribution in [1.29, 1.82) is 5.26 Å².